The van der Waals surface area contributed by atoms with Crippen LogP contribution in [0.15, 0.2) is 52.1 Å². The summed E-state index contributed by atoms with van der Waals surface area (Å²) >= 11 is 0. The van der Waals surface area contributed by atoms with Crippen molar-refractivity contribution in [2.45, 2.75) is 6.42 Å². The number of anilines is 1. The molecule has 0 atom stereocenters. The van der Waals surface area contributed by atoms with Gasteiger partial charge in [0.2, 0.25) is 5.82 Å². The third-order valence-corrected chi connectivity index (χ3v) is 5.15. The van der Waals surface area contributed by atoms with Crippen molar-refractivity contribution in [3.8, 4) is 17.3 Å². The van der Waals surface area contributed by atoms with Gasteiger partial charge >= 0.3 is 0 Å². The molecular formula is C21H27N7O2. The van der Waals surface area contributed by atoms with E-state index in [0.29, 0.717) is 11.6 Å². The summed E-state index contributed by atoms with van der Waals surface area (Å²) in [6.07, 6.45) is 2.34. The highest BCUT2D eigenvalue weighted by Gasteiger charge is 2.20. The zero-order valence-corrected chi connectivity index (χ0v) is 17.3. The molecule has 1 aliphatic heterocycles. The summed E-state index contributed by atoms with van der Waals surface area (Å²) in [5.41, 5.74) is 1.22. The summed E-state index contributed by atoms with van der Waals surface area (Å²) in [6.45, 7) is 4.44. The van der Waals surface area contributed by atoms with Crippen LogP contribution >= 0.6 is 0 Å². The van der Waals surface area contributed by atoms with Gasteiger partial charge < -0.3 is 24.3 Å². The number of benzene rings is 1. The molecule has 0 amide bonds. The van der Waals surface area contributed by atoms with Gasteiger partial charge in [-0.25, -0.2) is 4.98 Å². The quantitative estimate of drug-likeness (QED) is 0.475. The molecule has 2 N–H and O–H groups in total. The molecule has 1 fully saturated rings. The minimum absolute atomic E-state index is 0.578. The third-order valence-electron chi connectivity index (χ3n) is 5.15. The zero-order chi connectivity index (χ0) is 20.8. The van der Waals surface area contributed by atoms with Crippen LogP contribution in [-0.2, 0) is 6.42 Å². The molecule has 1 saturated heterocycles. The topological polar surface area (TPSA) is 94.8 Å². The largest absolute Gasteiger partial charge is 0.497 e. The highest BCUT2D eigenvalue weighted by molar-refractivity contribution is 5.80. The van der Waals surface area contributed by atoms with Crippen LogP contribution in [0.1, 0.15) is 5.82 Å². The Balaban J connectivity index is 1.25. The maximum atomic E-state index is 5.33. The van der Waals surface area contributed by atoms with E-state index in [1.165, 1.54) is 5.69 Å². The lowest BCUT2D eigenvalue weighted by atomic mass is 10.2. The molecule has 0 spiro atoms. The number of hydrogen-bond donors (Lipinski definition) is 2. The summed E-state index contributed by atoms with van der Waals surface area (Å²) in [6, 6.07) is 11.9. The Hall–Kier alpha value is -3.49. The molecule has 0 radical (unpaired) electrons. The van der Waals surface area contributed by atoms with E-state index in [-0.39, 0.29) is 0 Å². The fraction of sp³-hybridized carbons (Fsp3) is 0.381. The van der Waals surface area contributed by atoms with Gasteiger partial charge in [0.05, 0.1) is 13.4 Å². The molecule has 0 bridgehead atoms. The van der Waals surface area contributed by atoms with Crippen LogP contribution in [0.2, 0.25) is 0 Å². The van der Waals surface area contributed by atoms with Crippen LogP contribution in [0.5, 0.6) is 5.75 Å². The third kappa shape index (κ3) is 4.56. The first kappa shape index (κ1) is 19.8. The van der Waals surface area contributed by atoms with Crippen molar-refractivity contribution >= 4 is 11.6 Å². The van der Waals surface area contributed by atoms with Crippen molar-refractivity contribution in [2.24, 2.45) is 4.99 Å². The highest BCUT2D eigenvalue weighted by Crippen LogP contribution is 2.20. The molecule has 9 nitrogen and oxygen atoms in total. The Labute approximate surface area is 175 Å². The van der Waals surface area contributed by atoms with Crippen LogP contribution in [0.3, 0.4) is 0 Å². The number of piperazine rings is 1. The normalized spacial score (nSPS) is 14.8. The van der Waals surface area contributed by atoms with Gasteiger partial charge in [-0.15, -0.1) is 0 Å². The van der Waals surface area contributed by atoms with Crippen molar-refractivity contribution in [3.05, 3.63) is 48.5 Å². The Morgan fingerprint density at radius 3 is 2.67 bits per heavy atom. The van der Waals surface area contributed by atoms with Crippen LogP contribution in [0.25, 0.3) is 11.6 Å². The van der Waals surface area contributed by atoms with Gasteiger partial charge in [-0.05, 0) is 36.4 Å². The molecule has 158 valence electrons. The van der Waals surface area contributed by atoms with Crippen molar-refractivity contribution in [1.29, 1.82) is 0 Å². The lowest BCUT2D eigenvalue weighted by molar-refractivity contribution is 0.372. The van der Waals surface area contributed by atoms with Crippen LogP contribution in [-0.4, -0.2) is 72.9 Å². The first-order valence-electron chi connectivity index (χ1n) is 10.1. The molecule has 2 aromatic heterocycles. The maximum Gasteiger partial charge on any atom is 0.216 e. The van der Waals surface area contributed by atoms with E-state index in [1.807, 2.05) is 31.3 Å². The van der Waals surface area contributed by atoms with Gasteiger partial charge in [-0.1, -0.05) is 0 Å². The Kier molecular flexibility index (Phi) is 6.17. The summed E-state index contributed by atoms with van der Waals surface area (Å²) in [5, 5.41) is 10.6. The second-order valence-corrected chi connectivity index (χ2v) is 6.98. The number of rotatable bonds is 6. The second kappa shape index (κ2) is 9.34. The molecule has 30 heavy (non-hydrogen) atoms. The van der Waals surface area contributed by atoms with Gasteiger partial charge in [0.1, 0.15) is 11.6 Å². The number of H-pyrrole nitrogens is 1. The number of nitrogens with zero attached hydrogens (tertiary/aromatic N) is 5. The number of methoxy groups -OCH3 is 1. The highest BCUT2D eigenvalue weighted by atomic mass is 16.5. The van der Waals surface area contributed by atoms with Gasteiger partial charge in [0.15, 0.2) is 11.7 Å². The number of guanidine groups is 1. The molecule has 3 aromatic rings. The predicted molar refractivity (Wildman–Crippen MR) is 116 cm³/mol. The molecule has 0 unspecified atom stereocenters. The van der Waals surface area contributed by atoms with Crippen LogP contribution in [0, 0.1) is 0 Å². The minimum Gasteiger partial charge on any atom is -0.497 e. The zero-order valence-electron chi connectivity index (χ0n) is 17.3. The van der Waals surface area contributed by atoms with Gasteiger partial charge in [-0.2, -0.15) is 5.10 Å². The monoisotopic (exact) mass is 409 g/mol. The number of aromatic nitrogens is 3. The lowest BCUT2D eigenvalue weighted by Gasteiger charge is -2.37. The predicted octanol–water partition coefficient (Wildman–Crippen LogP) is 2.01. The number of nitrogens with one attached hydrogen (secondary N) is 2. The number of aromatic amines is 1. The summed E-state index contributed by atoms with van der Waals surface area (Å²) in [7, 11) is 3.51. The average Bonchev–Trinajstić information content (AvgIpc) is 3.49. The van der Waals surface area contributed by atoms with Crippen molar-refractivity contribution in [3.63, 3.8) is 0 Å². The minimum atomic E-state index is 0.578. The molecule has 3 heterocycles. The van der Waals surface area contributed by atoms with Crippen molar-refractivity contribution in [1.82, 2.24) is 25.4 Å². The Morgan fingerprint density at radius 1 is 1.20 bits per heavy atom. The van der Waals surface area contributed by atoms with E-state index in [4.69, 9.17) is 9.15 Å². The number of aliphatic imine (C=N–C) groups is 1. The smallest absolute Gasteiger partial charge is 0.216 e. The standard InChI is InChI=1S/C21H27N7O2/c1-22-21(23-10-9-19-24-20(26-25-19)18-4-3-15-30-18)28-13-11-27(12-14-28)16-5-7-17(29-2)8-6-16/h3-8,15H,9-14H2,1-2H3,(H,22,23)(H,24,25,26). The van der Waals surface area contributed by atoms with E-state index in [1.54, 1.807) is 13.4 Å². The average molecular weight is 409 g/mol. The van der Waals surface area contributed by atoms with E-state index >= 15 is 0 Å². The van der Waals surface area contributed by atoms with E-state index in [2.05, 4.69) is 47.4 Å². The second-order valence-electron chi connectivity index (χ2n) is 6.98. The van der Waals surface area contributed by atoms with Crippen molar-refractivity contribution < 1.29 is 9.15 Å². The Morgan fingerprint density at radius 2 is 2.00 bits per heavy atom. The fourth-order valence-electron chi connectivity index (χ4n) is 3.52. The van der Waals surface area contributed by atoms with E-state index in [0.717, 1.165) is 56.7 Å². The molecule has 1 aromatic carbocycles. The van der Waals surface area contributed by atoms with E-state index < -0.39 is 0 Å². The first-order chi connectivity index (χ1) is 14.8. The molecule has 0 saturated carbocycles. The molecule has 0 aliphatic carbocycles. The lowest BCUT2D eigenvalue weighted by Crippen LogP contribution is -2.52. The van der Waals surface area contributed by atoms with Gasteiger partial charge in [-0.3, -0.25) is 10.1 Å². The number of hydrogen-bond acceptors (Lipinski definition) is 6. The van der Waals surface area contributed by atoms with Crippen molar-refractivity contribution in [2.75, 3.05) is 51.8 Å². The SMILES string of the molecule is CN=C(NCCc1nc(-c2ccco2)n[nH]1)N1CCN(c2ccc(OC)cc2)CC1. The Bertz CT molecular complexity index is 942. The molecule has 4 rings (SSSR count). The molecular weight excluding hydrogens is 382 g/mol. The van der Waals surface area contributed by atoms with Crippen LogP contribution < -0.4 is 15.0 Å². The van der Waals surface area contributed by atoms with Gasteiger partial charge in [0, 0.05) is 51.9 Å². The fourth-order valence-corrected chi connectivity index (χ4v) is 3.52. The summed E-state index contributed by atoms with van der Waals surface area (Å²) in [4.78, 5) is 13.6. The summed E-state index contributed by atoms with van der Waals surface area (Å²) < 4.78 is 10.6. The number of ether oxygens (including phenoxy) is 1. The summed E-state index contributed by atoms with van der Waals surface area (Å²) in [5.74, 6) is 3.85. The van der Waals surface area contributed by atoms with Gasteiger partial charge in [0.25, 0.3) is 0 Å². The van der Waals surface area contributed by atoms with E-state index in [9.17, 15) is 0 Å². The maximum absolute atomic E-state index is 5.33. The number of furan rings is 1. The first-order valence-corrected chi connectivity index (χ1v) is 10.1. The van der Waals surface area contributed by atoms with Crippen LogP contribution in [0.4, 0.5) is 5.69 Å². The molecule has 1 aliphatic rings. The molecule has 9 heteroatoms.